The number of nitrogens with one attached hydrogen (secondary N) is 2. The molecule has 2 N–H and O–H groups in total. The van der Waals surface area contributed by atoms with Crippen LogP contribution in [0.15, 0.2) is 54.7 Å². The Hall–Kier alpha value is -4.22. The van der Waals surface area contributed by atoms with Gasteiger partial charge in [-0.15, -0.1) is 0 Å². The van der Waals surface area contributed by atoms with E-state index in [-0.39, 0.29) is 17.2 Å². The minimum absolute atomic E-state index is 0.00323. The van der Waals surface area contributed by atoms with Crippen LogP contribution < -0.4 is 15.5 Å². The number of anilines is 2. The molecule has 3 aromatic rings. The van der Waals surface area contributed by atoms with E-state index in [2.05, 4.69) is 47.4 Å². The van der Waals surface area contributed by atoms with Crippen LogP contribution in [0.4, 0.5) is 11.4 Å². The standard InChI is InChI=1S/C30H33N5O3/c1-20-27(22-5-7-23(8-6-22)28(36)33-19-30(2,3)4)16-25(18-32-20)34-29(37)24-13-21(17-31)14-26(15-24)35-9-11-38-12-10-35/h5-8,13-16,18H,9-12,19H2,1-4H3,(H,33,36)(H,34,37). The van der Waals surface area contributed by atoms with Gasteiger partial charge in [-0.1, -0.05) is 32.9 Å². The Morgan fingerprint density at radius 1 is 1.03 bits per heavy atom. The molecular weight excluding hydrogens is 478 g/mol. The molecule has 0 atom stereocenters. The number of ether oxygens (including phenoxy) is 1. The average Bonchev–Trinajstić information content (AvgIpc) is 2.92. The first-order valence-corrected chi connectivity index (χ1v) is 12.7. The number of rotatable bonds is 6. The Morgan fingerprint density at radius 2 is 1.74 bits per heavy atom. The second kappa shape index (κ2) is 11.4. The van der Waals surface area contributed by atoms with Crippen molar-refractivity contribution in [2.45, 2.75) is 27.7 Å². The minimum Gasteiger partial charge on any atom is -0.378 e. The third kappa shape index (κ3) is 6.75. The zero-order valence-electron chi connectivity index (χ0n) is 22.3. The van der Waals surface area contributed by atoms with Crippen molar-refractivity contribution >= 4 is 23.2 Å². The van der Waals surface area contributed by atoms with E-state index in [1.54, 1.807) is 36.5 Å². The summed E-state index contributed by atoms with van der Waals surface area (Å²) in [5.74, 6) is -0.433. The van der Waals surface area contributed by atoms with Crippen molar-refractivity contribution in [3.05, 3.63) is 77.1 Å². The molecule has 0 aliphatic carbocycles. The summed E-state index contributed by atoms with van der Waals surface area (Å²) in [6.45, 7) is 11.3. The molecule has 2 heterocycles. The zero-order valence-corrected chi connectivity index (χ0v) is 22.3. The molecule has 1 aliphatic rings. The van der Waals surface area contributed by atoms with Crippen LogP contribution >= 0.6 is 0 Å². The van der Waals surface area contributed by atoms with Gasteiger partial charge in [0.1, 0.15) is 0 Å². The summed E-state index contributed by atoms with van der Waals surface area (Å²) in [5.41, 5.74) is 5.32. The lowest BCUT2D eigenvalue weighted by molar-refractivity contribution is 0.0938. The Kier molecular flexibility index (Phi) is 8.08. The number of aryl methyl sites for hydroxylation is 1. The van der Waals surface area contributed by atoms with Crippen LogP contribution in [-0.4, -0.2) is 49.6 Å². The number of amides is 2. The highest BCUT2D eigenvalue weighted by molar-refractivity contribution is 6.05. The van der Waals surface area contributed by atoms with E-state index >= 15 is 0 Å². The van der Waals surface area contributed by atoms with Crippen LogP contribution in [0, 0.1) is 23.7 Å². The number of hydrogen-bond donors (Lipinski definition) is 2. The smallest absolute Gasteiger partial charge is 0.255 e. The number of hydrogen-bond acceptors (Lipinski definition) is 6. The third-order valence-electron chi connectivity index (χ3n) is 6.27. The van der Waals surface area contributed by atoms with Crippen molar-refractivity contribution in [2.24, 2.45) is 5.41 Å². The maximum Gasteiger partial charge on any atom is 0.255 e. The number of nitrogens with zero attached hydrogens (tertiary/aromatic N) is 3. The van der Waals surface area contributed by atoms with E-state index in [1.165, 1.54) is 0 Å². The Balaban J connectivity index is 1.52. The quantitative estimate of drug-likeness (QED) is 0.493. The highest BCUT2D eigenvalue weighted by Crippen LogP contribution is 2.27. The van der Waals surface area contributed by atoms with Gasteiger partial charge in [0.05, 0.1) is 36.7 Å². The Bertz CT molecular complexity index is 1360. The van der Waals surface area contributed by atoms with Gasteiger partial charge >= 0.3 is 0 Å². The minimum atomic E-state index is -0.320. The first kappa shape index (κ1) is 26.8. The second-order valence-electron chi connectivity index (χ2n) is 10.6. The predicted octanol–water partition coefficient (Wildman–Crippen LogP) is 4.79. The lowest BCUT2D eigenvalue weighted by atomic mass is 9.96. The summed E-state index contributed by atoms with van der Waals surface area (Å²) in [4.78, 5) is 32.2. The van der Waals surface area contributed by atoms with Gasteiger partial charge in [0, 0.05) is 47.7 Å². The van der Waals surface area contributed by atoms with E-state index in [1.807, 2.05) is 25.1 Å². The monoisotopic (exact) mass is 511 g/mol. The fraction of sp³-hybridized carbons (Fsp3) is 0.333. The average molecular weight is 512 g/mol. The number of carbonyl (C=O) groups excluding carboxylic acids is 2. The molecule has 1 fully saturated rings. The van der Waals surface area contributed by atoms with Gasteiger partial charge in [-0.25, -0.2) is 0 Å². The fourth-order valence-electron chi connectivity index (χ4n) is 4.16. The number of pyridine rings is 1. The van der Waals surface area contributed by atoms with Gasteiger partial charge < -0.3 is 20.3 Å². The summed E-state index contributed by atoms with van der Waals surface area (Å²) in [7, 11) is 0. The van der Waals surface area contributed by atoms with Crippen molar-refractivity contribution in [3.8, 4) is 17.2 Å². The molecule has 0 spiro atoms. The van der Waals surface area contributed by atoms with Crippen molar-refractivity contribution < 1.29 is 14.3 Å². The molecular formula is C30H33N5O3. The molecule has 0 unspecified atom stereocenters. The summed E-state index contributed by atoms with van der Waals surface area (Å²) in [6, 6.07) is 16.5. The molecule has 1 saturated heterocycles. The van der Waals surface area contributed by atoms with E-state index < -0.39 is 0 Å². The fourth-order valence-corrected chi connectivity index (χ4v) is 4.16. The number of benzene rings is 2. The third-order valence-corrected chi connectivity index (χ3v) is 6.27. The predicted molar refractivity (Wildman–Crippen MR) is 148 cm³/mol. The van der Waals surface area contributed by atoms with Gasteiger partial charge in [-0.3, -0.25) is 14.6 Å². The van der Waals surface area contributed by atoms with E-state index in [9.17, 15) is 14.9 Å². The first-order chi connectivity index (χ1) is 18.1. The number of aromatic nitrogens is 1. The maximum absolute atomic E-state index is 13.2. The normalized spacial score (nSPS) is 13.5. The molecule has 1 aliphatic heterocycles. The van der Waals surface area contributed by atoms with Crippen molar-refractivity contribution in [2.75, 3.05) is 43.1 Å². The molecule has 38 heavy (non-hydrogen) atoms. The summed E-state index contributed by atoms with van der Waals surface area (Å²) in [6.07, 6.45) is 1.61. The molecule has 0 saturated carbocycles. The summed E-state index contributed by atoms with van der Waals surface area (Å²) in [5, 5.41) is 15.4. The molecule has 2 aromatic carbocycles. The molecule has 1 aromatic heterocycles. The van der Waals surface area contributed by atoms with Crippen LogP contribution in [0.2, 0.25) is 0 Å². The molecule has 0 radical (unpaired) electrons. The number of morpholine rings is 1. The zero-order chi connectivity index (χ0) is 27.3. The van der Waals surface area contributed by atoms with Crippen LogP contribution in [0.3, 0.4) is 0 Å². The molecule has 0 bridgehead atoms. The largest absolute Gasteiger partial charge is 0.378 e. The van der Waals surface area contributed by atoms with Crippen molar-refractivity contribution in [1.29, 1.82) is 5.26 Å². The highest BCUT2D eigenvalue weighted by atomic mass is 16.5. The molecule has 8 nitrogen and oxygen atoms in total. The SMILES string of the molecule is Cc1ncc(NC(=O)c2cc(C#N)cc(N3CCOCC3)c2)cc1-c1ccc(C(=O)NCC(C)(C)C)cc1. The van der Waals surface area contributed by atoms with Gasteiger partial charge in [-0.2, -0.15) is 5.26 Å². The summed E-state index contributed by atoms with van der Waals surface area (Å²) < 4.78 is 5.42. The van der Waals surface area contributed by atoms with Crippen LogP contribution in [0.5, 0.6) is 0 Å². The molecule has 4 rings (SSSR count). The molecule has 196 valence electrons. The van der Waals surface area contributed by atoms with Crippen LogP contribution in [0.1, 0.15) is 52.7 Å². The van der Waals surface area contributed by atoms with Crippen LogP contribution in [0.25, 0.3) is 11.1 Å². The van der Waals surface area contributed by atoms with E-state index in [0.29, 0.717) is 55.2 Å². The number of nitriles is 1. The summed E-state index contributed by atoms with van der Waals surface area (Å²) >= 11 is 0. The van der Waals surface area contributed by atoms with Crippen molar-refractivity contribution in [3.63, 3.8) is 0 Å². The lowest BCUT2D eigenvalue weighted by Gasteiger charge is -2.29. The van der Waals surface area contributed by atoms with Crippen LogP contribution in [-0.2, 0) is 4.74 Å². The van der Waals surface area contributed by atoms with Gasteiger partial charge in [-0.05, 0) is 54.3 Å². The lowest BCUT2D eigenvalue weighted by Crippen LogP contribution is -2.36. The Morgan fingerprint density at radius 3 is 2.39 bits per heavy atom. The van der Waals surface area contributed by atoms with E-state index in [0.717, 1.165) is 22.5 Å². The van der Waals surface area contributed by atoms with Gasteiger partial charge in [0.2, 0.25) is 0 Å². The van der Waals surface area contributed by atoms with Gasteiger partial charge in [0.15, 0.2) is 0 Å². The second-order valence-corrected chi connectivity index (χ2v) is 10.6. The molecule has 2 amide bonds. The maximum atomic E-state index is 13.2. The van der Waals surface area contributed by atoms with E-state index in [4.69, 9.17) is 4.74 Å². The molecule has 8 heteroatoms. The number of carbonyl (C=O) groups is 2. The van der Waals surface area contributed by atoms with Gasteiger partial charge in [0.25, 0.3) is 11.8 Å². The highest BCUT2D eigenvalue weighted by Gasteiger charge is 2.17. The topological polar surface area (TPSA) is 107 Å². The van der Waals surface area contributed by atoms with Crippen molar-refractivity contribution in [1.82, 2.24) is 10.3 Å². The Labute approximate surface area is 223 Å². The first-order valence-electron chi connectivity index (χ1n) is 12.7.